The van der Waals surface area contributed by atoms with Gasteiger partial charge >= 0.3 is 0 Å². The van der Waals surface area contributed by atoms with Crippen LogP contribution in [-0.4, -0.2) is 30.3 Å². The summed E-state index contributed by atoms with van der Waals surface area (Å²) in [5.41, 5.74) is 2.35. The molecule has 0 fully saturated rings. The number of carbonyl (C=O) groups is 2. The van der Waals surface area contributed by atoms with Gasteiger partial charge in [0.15, 0.2) is 17.9 Å². The van der Waals surface area contributed by atoms with Gasteiger partial charge < -0.3 is 9.64 Å². The Morgan fingerprint density at radius 3 is 3.05 bits per heavy atom. The first-order chi connectivity index (χ1) is 9.72. The van der Waals surface area contributed by atoms with Crippen molar-refractivity contribution >= 4 is 29.2 Å². The van der Waals surface area contributed by atoms with E-state index in [1.165, 1.54) is 11.3 Å². The number of hydrogen-bond donors (Lipinski definition) is 0. The van der Waals surface area contributed by atoms with E-state index in [9.17, 15) is 9.59 Å². The number of likely N-dealkylation sites (N-methyl/N-ethyl adjacent to an activating group) is 1. The SMILES string of the molecule is CCN1C(=O)COc2ccc(-c3csc(C=O)n3)cc21. The minimum absolute atomic E-state index is 0.0518. The fourth-order valence-corrected chi connectivity index (χ4v) is 2.81. The number of fused-ring (bicyclic) bond motifs is 1. The van der Waals surface area contributed by atoms with Crippen LogP contribution in [0.4, 0.5) is 5.69 Å². The molecule has 0 saturated heterocycles. The molecule has 0 atom stereocenters. The average Bonchev–Trinajstić information content (AvgIpc) is 2.95. The van der Waals surface area contributed by atoms with Gasteiger partial charge in [-0.25, -0.2) is 4.98 Å². The highest BCUT2D eigenvalue weighted by molar-refractivity contribution is 7.11. The Bertz CT molecular complexity index is 681. The smallest absolute Gasteiger partial charge is 0.265 e. The third-order valence-electron chi connectivity index (χ3n) is 3.14. The van der Waals surface area contributed by atoms with Gasteiger partial charge in [0.25, 0.3) is 5.91 Å². The number of anilines is 1. The molecule has 2 heterocycles. The lowest BCUT2D eigenvalue weighted by atomic mass is 10.1. The zero-order valence-electron chi connectivity index (χ0n) is 10.8. The van der Waals surface area contributed by atoms with Crippen LogP contribution in [0.15, 0.2) is 23.6 Å². The summed E-state index contributed by atoms with van der Waals surface area (Å²) in [5.74, 6) is 0.644. The maximum atomic E-state index is 11.8. The highest BCUT2D eigenvalue weighted by Crippen LogP contribution is 2.36. The van der Waals surface area contributed by atoms with E-state index in [4.69, 9.17) is 4.74 Å². The molecule has 0 aliphatic carbocycles. The molecule has 1 aliphatic heterocycles. The van der Waals surface area contributed by atoms with Gasteiger partial charge in [-0.1, -0.05) is 0 Å². The van der Waals surface area contributed by atoms with Crippen molar-refractivity contribution < 1.29 is 14.3 Å². The highest BCUT2D eigenvalue weighted by atomic mass is 32.1. The van der Waals surface area contributed by atoms with Gasteiger partial charge in [0.2, 0.25) is 0 Å². The second-order valence-electron chi connectivity index (χ2n) is 4.30. The molecule has 0 bridgehead atoms. The Balaban J connectivity index is 2.05. The third kappa shape index (κ3) is 2.08. The van der Waals surface area contributed by atoms with Crippen LogP contribution in [0.25, 0.3) is 11.3 Å². The van der Waals surface area contributed by atoms with Crippen LogP contribution < -0.4 is 9.64 Å². The summed E-state index contributed by atoms with van der Waals surface area (Å²) in [6, 6.07) is 5.59. The van der Waals surface area contributed by atoms with E-state index in [-0.39, 0.29) is 12.5 Å². The molecule has 2 aromatic rings. The Labute approximate surface area is 119 Å². The molecule has 0 radical (unpaired) electrons. The van der Waals surface area contributed by atoms with Crippen molar-refractivity contribution in [2.75, 3.05) is 18.1 Å². The van der Waals surface area contributed by atoms with E-state index < -0.39 is 0 Å². The normalized spacial score (nSPS) is 13.8. The fourth-order valence-electron chi connectivity index (χ4n) is 2.18. The van der Waals surface area contributed by atoms with Crippen LogP contribution in [0, 0.1) is 0 Å². The molecule has 3 rings (SSSR count). The van der Waals surface area contributed by atoms with Crippen molar-refractivity contribution in [3.63, 3.8) is 0 Å². The Morgan fingerprint density at radius 1 is 1.50 bits per heavy atom. The predicted octanol–water partition coefficient (Wildman–Crippen LogP) is 2.37. The van der Waals surface area contributed by atoms with E-state index in [0.29, 0.717) is 17.3 Å². The lowest BCUT2D eigenvalue weighted by molar-refractivity contribution is -0.121. The summed E-state index contributed by atoms with van der Waals surface area (Å²) < 4.78 is 5.42. The number of benzene rings is 1. The van der Waals surface area contributed by atoms with Gasteiger partial charge in [-0.15, -0.1) is 11.3 Å². The van der Waals surface area contributed by atoms with Crippen molar-refractivity contribution in [2.24, 2.45) is 0 Å². The first kappa shape index (κ1) is 12.8. The van der Waals surface area contributed by atoms with E-state index >= 15 is 0 Å². The van der Waals surface area contributed by atoms with E-state index in [2.05, 4.69) is 4.98 Å². The number of carbonyl (C=O) groups excluding carboxylic acids is 2. The number of ether oxygens (including phenoxy) is 1. The minimum Gasteiger partial charge on any atom is -0.482 e. The van der Waals surface area contributed by atoms with Crippen molar-refractivity contribution in [3.05, 3.63) is 28.6 Å². The second kappa shape index (κ2) is 5.05. The van der Waals surface area contributed by atoms with Gasteiger partial charge in [0.05, 0.1) is 11.4 Å². The predicted molar refractivity (Wildman–Crippen MR) is 76.5 cm³/mol. The number of amides is 1. The van der Waals surface area contributed by atoms with Gasteiger partial charge in [0, 0.05) is 17.5 Å². The molecule has 20 heavy (non-hydrogen) atoms. The Kier molecular flexibility index (Phi) is 3.23. The number of rotatable bonds is 3. The first-order valence-corrected chi connectivity index (χ1v) is 7.09. The molecule has 1 aromatic heterocycles. The van der Waals surface area contributed by atoms with Gasteiger partial charge in [-0.2, -0.15) is 0 Å². The molecule has 102 valence electrons. The first-order valence-electron chi connectivity index (χ1n) is 6.21. The standard InChI is InChI=1S/C14H12N2O3S/c1-2-16-11-5-9(10-8-20-13(6-17)15-10)3-4-12(11)19-7-14(16)18/h3-6,8H,2,7H2,1H3. The molecule has 1 aromatic carbocycles. The van der Waals surface area contributed by atoms with E-state index in [1.807, 2.05) is 30.5 Å². The molecule has 0 unspecified atom stereocenters. The van der Waals surface area contributed by atoms with Crippen molar-refractivity contribution in [1.82, 2.24) is 4.98 Å². The maximum Gasteiger partial charge on any atom is 0.265 e. The molecule has 0 N–H and O–H groups in total. The second-order valence-corrected chi connectivity index (χ2v) is 5.19. The molecule has 0 spiro atoms. The van der Waals surface area contributed by atoms with Gasteiger partial charge in [0.1, 0.15) is 5.75 Å². The summed E-state index contributed by atoms with van der Waals surface area (Å²) in [4.78, 5) is 28.4. The van der Waals surface area contributed by atoms with Crippen LogP contribution in [0.5, 0.6) is 5.75 Å². The van der Waals surface area contributed by atoms with Crippen LogP contribution >= 0.6 is 11.3 Å². The number of thiazole rings is 1. The van der Waals surface area contributed by atoms with Crippen molar-refractivity contribution in [3.8, 4) is 17.0 Å². The number of nitrogens with zero attached hydrogens (tertiary/aromatic N) is 2. The Hall–Kier alpha value is -2.21. The summed E-state index contributed by atoms with van der Waals surface area (Å²) in [6.45, 7) is 2.59. The van der Waals surface area contributed by atoms with Crippen LogP contribution in [-0.2, 0) is 4.79 Å². The minimum atomic E-state index is -0.0518. The summed E-state index contributed by atoms with van der Waals surface area (Å²) in [5, 5.41) is 2.27. The van der Waals surface area contributed by atoms with Crippen molar-refractivity contribution in [1.29, 1.82) is 0 Å². The summed E-state index contributed by atoms with van der Waals surface area (Å²) >= 11 is 1.30. The summed E-state index contributed by atoms with van der Waals surface area (Å²) in [6.07, 6.45) is 0.734. The van der Waals surface area contributed by atoms with Crippen LogP contribution in [0.1, 0.15) is 16.7 Å². The Morgan fingerprint density at radius 2 is 2.35 bits per heavy atom. The van der Waals surface area contributed by atoms with Gasteiger partial charge in [-0.05, 0) is 25.1 Å². The highest BCUT2D eigenvalue weighted by Gasteiger charge is 2.24. The molecule has 5 nitrogen and oxygen atoms in total. The van der Waals surface area contributed by atoms with Crippen LogP contribution in [0.2, 0.25) is 0 Å². The number of hydrogen-bond acceptors (Lipinski definition) is 5. The van der Waals surface area contributed by atoms with E-state index in [0.717, 1.165) is 23.2 Å². The summed E-state index contributed by atoms with van der Waals surface area (Å²) in [7, 11) is 0. The molecule has 6 heteroatoms. The van der Waals surface area contributed by atoms with Crippen molar-refractivity contribution in [2.45, 2.75) is 6.92 Å². The molecular formula is C14H12N2O3S. The average molecular weight is 288 g/mol. The molecule has 1 aliphatic rings. The van der Waals surface area contributed by atoms with Gasteiger partial charge in [-0.3, -0.25) is 9.59 Å². The quantitative estimate of drug-likeness (QED) is 0.814. The fraction of sp³-hybridized carbons (Fsp3) is 0.214. The zero-order valence-corrected chi connectivity index (χ0v) is 11.6. The maximum absolute atomic E-state index is 11.8. The van der Waals surface area contributed by atoms with Crippen LogP contribution in [0.3, 0.4) is 0 Å². The zero-order chi connectivity index (χ0) is 14.1. The lowest BCUT2D eigenvalue weighted by Crippen LogP contribution is -2.38. The number of aromatic nitrogens is 1. The monoisotopic (exact) mass is 288 g/mol. The largest absolute Gasteiger partial charge is 0.482 e. The number of aldehydes is 1. The lowest BCUT2D eigenvalue weighted by Gasteiger charge is -2.28. The third-order valence-corrected chi connectivity index (χ3v) is 3.91. The molecule has 1 amide bonds. The molecular weight excluding hydrogens is 276 g/mol. The van der Waals surface area contributed by atoms with E-state index in [1.54, 1.807) is 4.90 Å². The topological polar surface area (TPSA) is 59.5 Å². The molecule has 0 saturated carbocycles.